The molecular formula is C20H33NO2. The third-order valence-corrected chi connectivity index (χ3v) is 8.69. The number of hydrogen-bond donors (Lipinski definition) is 3. The average molecular weight is 319 g/mol. The van der Waals surface area contributed by atoms with Gasteiger partial charge in [-0.3, -0.25) is 0 Å². The Bertz CT molecular complexity index is 482. The molecule has 4 saturated carbocycles. The predicted molar refractivity (Wildman–Crippen MR) is 89.8 cm³/mol. The van der Waals surface area contributed by atoms with E-state index < -0.39 is 5.60 Å². The molecule has 23 heavy (non-hydrogen) atoms. The van der Waals surface area contributed by atoms with Crippen molar-refractivity contribution in [1.29, 1.82) is 0 Å². The third kappa shape index (κ3) is 2.05. The Morgan fingerprint density at radius 3 is 2.57 bits per heavy atom. The molecule has 0 aromatic rings. The van der Waals surface area contributed by atoms with Gasteiger partial charge in [-0.05, 0) is 81.5 Å². The molecule has 1 unspecified atom stereocenters. The SMILES string of the molecule is C[C@H]1CC[C@@H]2[C@@H](C[C@H]3C[C@]2(O)[C@@H]2CC(O)[C@@H]4CCCC[C@H]4[C@H]32)N1. The third-order valence-electron chi connectivity index (χ3n) is 8.69. The summed E-state index contributed by atoms with van der Waals surface area (Å²) in [5, 5.41) is 26.4. The zero-order chi connectivity index (χ0) is 15.8. The van der Waals surface area contributed by atoms with Crippen LogP contribution in [0.5, 0.6) is 0 Å². The van der Waals surface area contributed by atoms with Crippen LogP contribution in [-0.4, -0.2) is 34.0 Å². The molecule has 130 valence electrons. The summed E-state index contributed by atoms with van der Waals surface area (Å²) >= 11 is 0. The van der Waals surface area contributed by atoms with Gasteiger partial charge in [-0.2, -0.15) is 0 Å². The number of nitrogens with one attached hydrogen (secondary N) is 1. The first-order valence-electron chi connectivity index (χ1n) is 10.2. The monoisotopic (exact) mass is 319 g/mol. The lowest BCUT2D eigenvalue weighted by molar-refractivity contribution is -0.129. The summed E-state index contributed by atoms with van der Waals surface area (Å²) in [7, 11) is 0. The predicted octanol–water partition coefficient (Wildman–Crippen LogP) is 2.70. The van der Waals surface area contributed by atoms with Crippen molar-refractivity contribution in [3.05, 3.63) is 0 Å². The molecule has 5 aliphatic rings. The summed E-state index contributed by atoms with van der Waals surface area (Å²) in [5.74, 6) is 3.40. The number of aliphatic hydroxyl groups is 2. The van der Waals surface area contributed by atoms with Crippen LogP contribution >= 0.6 is 0 Å². The number of piperidine rings is 1. The minimum Gasteiger partial charge on any atom is -0.393 e. The molecule has 0 amide bonds. The van der Waals surface area contributed by atoms with Crippen molar-refractivity contribution in [2.75, 3.05) is 0 Å². The second kappa shape index (κ2) is 5.19. The minimum absolute atomic E-state index is 0.154. The lowest BCUT2D eigenvalue weighted by Gasteiger charge is -2.51. The number of hydrogen-bond acceptors (Lipinski definition) is 3. The van der Waals surface area contributed by atoms with Crippen LogP contribution in [-0.2, 0) is 0 Å². The summed E-state index contributed by atoms with van der Waals surface area (Å²) in [4.78, 5) is 0. The molecule has 1 heterocycles. The Morgan fingerprint density at radius 2 is 1.74 bits per heavy atom. The second-order valence-electron chi connectivity index (χ2n) is 9.65. The molecule has 0 spiro atoms. The number of aliphatic hydroxyl groups excluding tert-OH is 1. The summed E-state index contributed by atoms with van der Waals surface area (Å²) < 4.78 is 0. The molecule has 3 nitrogen and oxygen atoms in total. The van der Waals surface area contributed by atoms with Crippen LogP contribution in [0.3, 0.4) is 0 Å². The fraction of sp³-hybridized carbons (Fsp3) is 1.00. The highest BCUT2D eigenvalue weighted by Crippen LogP contribution is 2.64. The molecular weight excluding hydrogens is 286 g/mol. The summed E-state index contributed by atoms with van der Waals surface area (Å²) in [5.41, 5.74) is -0.491. The number of fused-ring (bicyclic) bond motifs is 9. The van der Waals surface area contributed by atoms with Crippen LogP contribution in [0.2, 0.25) is 0 Å². The van der Waals surface area contributed by atoms with E-state index in [2.05, 4.69) is 12.2 Å². The largest absolute Gasteiger partial charge is 0.393 e. The van der Waals surface area contributed by atoms with Crippen molar-refractivity contribution < 1.29 is 10.2 Å². The van der Waals surface area contributed by atoms with Gasteiger partial charge in [0.2, 0.25) is 0 Å². The van der Waals surface area contributed by atoms with Crippen molar-refractivity contribution in [3.63, 3.8) is 0 Å². The van der Waals surface area contributed by atoms with Gasteiger partial charge in [0.15, 0.2) is 0 Å². The maximum Gasteiger partial charge on any atom is 0.0725 e. The van der Waals surface area contributed by atoms with E-state index in [1.54, 1.807) is 0 Å². The minimum atomic E-state index is -0.491. The maximum absolute atomic E-state index is 11.8. The first-order valence-corrected chi connectivity index (χ1v) is 10.2. The normalized spacial score (nSPS) is 61.4. The summed E-state index contributed by atoms with van der Waals surface area (Å²) in [6.45, 7) is 2.30. The zero-order valence-corrected chi connectivity index (χ0v) is 14.5. The molecule has 3 heteroatoms. The molecule has 0 radical (unpaired) electrons. The van der Waals surface area contributed by atoms with E-state index in [4.69, 9.17) is 0 Å². The van der Waals surface area contributed by atoms with Gasteiger partial charge < -0.3 is 15.5 Å². The van der Waals surface area contributed by atoms with Crippen molar-refractivity contribution in [2.24, 2.45) is 35.5 Å². The average Bonchev–Trinajstić information content (AvgIpc) is 2.76. The van der Waals surface area contributed by atoms with E-state index in [9.17, 15) is 10.2 Å². The van der Waals surface area contributed by atoms with Crippen molar-refractivity contribution in [2.45, 2.75) is 88.5 Å². The molecule has 1 aliphatic heterocycles. The van der Waals surface area contributed by atoms with Crippen LogP contribution in [0.15, 0.2) is 0 Å². The van der Waals surface area contributed by atoms with Gasteiger partial charge in [-0.25, -0.2) is 0 Å². The zero-order valence-electron chi connectivity index (χ0n) is 14.5. The first kappa shape index (κ1) is 15.2. The fourth-order valence-electron chi connectivity index (χ4n) is 7.98. The van der Waals surface area contributed by atoms with Gasteiger partial charge in [0.05, 0.1) is 11.7 Å². The smallest absolute Gasteiger partial charge is 0.0725 e. The van der Waals surface area contributed by atoms with Gasteiger partial charge in [0.25, 0.3) is 0 Å². The van der Waals surface area contributed by atoms with Crippen molar-refractivity contribution in [3.8, 4) is 0 Å². The Balaban J connectivity index is 1.50. The molecule has 5 rings (SSSR count). The second-order valence-corrected chi connectivity index (χ2v) is 9.65. The standard InChI is InChI=1S/C20H33NO2/c1-11-6-7-15-17(21-11)8-12-10-20(15,23)16-9-18(22)13-4-2-3-5-14(13)19(12)16/h11-19,21-23H,2-10H2,1H3/t11-,12-,13+,14+,15+,16+,17+,18?,19-,20+/m0/s1. The fourth-order valence-corrected chi connectivity index (χ4v) is 7.98. The van der Waals surface area contributed by atoms with E-state index in [-0.39, 0.29) is 6.10 Å². The van der Waals surface area contributed by atoms with Crippen LogP contribution in [0.4, 0.5) is 0 Å². The first-order chi connectivity index (χ1) is 11.1. The molecule has 0 aromatic carbocycles. The molecule has 1 saturated heterocycles. The van der Waals surface area contributed by atoms with Crippen LogP contribution in [0.25, 0.3) is 0 Å². The van der Waals surface area contributed by atoms with Crippen molar-refractivity contribution >= 4 is 0 Å². The van der Waals surface area contributed by atoms with E-state index in [1.165, 1.54) is 44.9 Å². The topological polar surface area (TPSA) is 52.5 Å². The van der Waals surface area contributed by atoms with Crippen LogP contribution in [0, 0.1) is 35.5 Å². The number of rotatable bonds is 0. The highest BCUT2D eigenvalue weighted by atomic mass is 16.3. The van der Waals surface area contributed by atoms with Crippen molar-refractivity contribution in [1.82, 2.24) is 5.32 Å². The summed E-state index contributed by atoms with van der Waals surface area (Å²) in [6.07, 6.45) is 10.6. The van der Waals surface area contributed by atoms with E-state index in [0.29, 0.717) is 47.6 Å². The molecule has 2 bridgehead atoms. The Hall–Kier alpha value is -0.120. The van der Waals surface area contributed by atoms with E-state index in [0.717, 1.165) is 12.8 Å². The van der Waals surface area contributed by atoms with Gasteiger partial charge in [0, 0.05) is 18.0 Å². The molecule has 3 N–H and O–H groups in total. The van der Waals surface area contributed by atoms with Gasteiger partial charge in [0.1, 0.15) is 0 Å². The highest BCUT2D eigenvalue weighted by molar-refractivity contribution is 5.16. The highest BCUT2D eigenvalue weighted by Gasteiger charge is 2.65. The quantitative estimate of drug-likeness (QED) is 0.643. The van der Waals surface area contributed by atoms with Gasteiger partial charge >= 0.3 is 0 Å². The van der Waals surface area contributed by atoms with Crippen LogP contribution < -0.4 is 5.32 Å². The Kier molecular flexibility index (Phi) is 3.42. The lowest BCUT2D eigenvalue weighted by Crippen LogP contribution is -2.59. The Morgan fingerprint density at radius 1 is 0.957 bits per heavy atom. The molecule has 4 aliphatic carbocycles. The molecule has 5 fully saturated rings. The van der Waals surface area contributed by atoms with Crippen LogP contribution in [0.1, 0.15) is 64.7 Å². The van der Waals surface area contributed by atoms with E-state index >= 15 is 0 Å². The van der Waals surface area contributed by atoms with E-state index in [1.807, 2.05) is 0 Å². The van der Waals surface area contributed by atoms with Gasteiger partial charge in [-0.15, -0.1) is 0 Å². The molecule has 0 aromatic heterocycles. The maximum atomic E-state index is 11.8. The molecule has 10 atom stereocenters. The van der Waals surface area contributed by atoms with Gasteiger partial charge in [-0.1, -0.05) is 12.8 Å². The summed E-state index contributed by atoms with van der Waals surface area (Å²) in [6, 6.07) is 1.12. The lowest BCUT2D eigenvalue weighted by atomic mass is 9.58. The Labute approximate surface area is 140 Å².